The Hall–Kier alpha value is -1.81. The summed E-state index contributed by atoms with van der Waals surface area (Å²) in [6.07, 6.45) is 3.52. The number of nitro groups is 1. The second kappa shape index (κ2) is 6.38. The van der Waals surface area contributed by atoms with Gasteiger partial charge in [0, 0.05) is 6.54 Å². The first kappa shape index (κ1) is 13.6. The smallest absolute Gasteiger partial charge is 0.320 e. The lowest BCUT2D eigenvalue weighted by molar-refractivity contribution is -0.388. The number of hydrogen-bond donors (Lipinski definition) is 1. The van der Waals surface area contributed by atoms with Crippen molar-refractivity contribution in [3.8, 4) is 0 Å². The van der Waals surface area contributed by atoms with Crippen molar-refractivity contribution < 1.29 is 4.92 Å². The second-order valence-electron chi connectivity index (χ2n) is 3.38. The molecule has 0 spiro atoms. The first-order chi connectivity index (χ1) is 9.20. The minimum absolute atomic E-state index is 0.137. The first-order valence-electron chi connectivity index (χ1n) is 5.40. The molecule has 0 fully saturated rings. The maximum Gasteiger partial charge on any atom is 0.320 e. The third-order valence-electron chi connectivity index (χ3n) is 1.99. The van der Waals surface area contributed by atoms with E-state index in [-0.39, 0.29) is 10.7 Å². The quantitative estimate of drug-likeness (QED) is 0.491. The summed E-state index contributed by atoms with van der Waals surface area (Å²) in [7, 11) is 0. The molecule has 8 nitrogen and oxygen atoms in total. The monoisotopic (exact) mass is 298 g/mol. The number of hydrogen-bond acceptors (Lipinski definition) is 9. The average molecular weight is 298 g/mol. The van der Waals surface area contributed by atoms with Crippen LogP contribution in [0.1, 0.15) is 13.3 Å². The summed E-state index contributed by atoms with van der Waals surface area (Å²) in [6.45, 7) is 2.72. The predicted molar refractivity (Wildman–Crippen MR) is 71.5 cm³/mol. The van der Waals surface area contributed by atoms with Crippen molar-refractivity contribution in [2.75, 3.05) is 11.9 Å². The van der Waals surface area contributed by atoms with E-state index in [2.05, 4.69) is 24.6 Å². The van der Waals surface area contributed by atoms with Crippen molar-refractivity contribution in [1.29, 1.82) is 0 Å². The standard InChI is InChI=1S/C9H10N6O2S2/c1-2-3-10-8-11-4-6(15(16)17)7(14-8)18-9-12-5-13-19-9/h4-5H,2-3H2,1H3,(H,10,11,14). The third-order valence-corrected chi connectivity index (χ3v) is 3.70. The molecule has 0 atom stereocenters. The summed E-state index contributed by atoms with van der Waals surface area (Å²) in [4.78, 5) is 22.5. The highest BCUT2D eigenvalue weighted by atomic mass is 32.2. The lowest BCUT2D eigenvalue weighted by Crippen LogP contribution is -2.06. The lowest BCUT2D eigenvalue weighted by atomic mass is 10.5. The van der Waals surface area contributed by atoms with Crippen molar-refractivity contribution in [3.05, 3.63) is 22.6 Å². The lowest BCUT2D eigenvalue weighted by Gasteiger charge is -2.04. The van der Waals surface area contributed by atoms with E-state index in [1.54, 1.807) is 0 Å². The van der Waals surface area contributed by atoms with E-state index >= 15 is 0 Å². The summed E-state index contributed by atoms with van der Waals surface area (Å²) in [5.41, 5.74) is -0.137. The summed E-state index contributed by atoms with van der Waals surface area (Å²) in [5, 5.41) is 14.2. The molecule has 0 radical (unpaired) electrons. The van der Waals surface area contributed by atoms with Gasteiger partial charge in [-0.1, -0.05) is 6.92 Å². The van der Waals surface area contributed by atoms with E-state index in [9.17, 15) is 10.1 Å². The van der Waals surface area contributed by atoms with Crippen LogP contribution in [-0.4, -0.2) is 30.8 Å². The van der Waals surface area contributed by atoms with Crippen LogP contribution in [-0.2, 0) is 0 Å². The number of nitrogens with zero attached hydrogens (tertiary/aromatic N) is 5. The maximum absolute atomic E-state index is 10.9. The molecule has 0 saturated carbocycles. The molecule has 0 aliphatic heterocycles. The number of anilines is 1. The SMILES string of the molecule is CCCNc1ncc([N+](=O)[O-])c(Sc2ncns2)n1. The zero-order chi connectivity index (χ0) is 13.7. The summed E-state index contributed by atoms with van der Waals surface area (Å²) < 4.78 is 4.45. The van der Waals surface area contributed by atoms with Gasteiger partial charge in [-0.3, -0.25) is 10.1 Å². The van der Waals surface area contributed by atoms with Crippen LogP contribution < -0.4 is 5.32 Å². The highest BCUT2D eigenvalue weighted by molar-refractivity contribution is 8.01. The van der Waals surface area contributed by atoms with Gasteiger partial charge in [0.05, 0.1) is 4.92 Å². The Kier molecular flexibility index (Phi) is 4.58. The van der Waals surface area contributed by atoms with Crippen molar-refractivity contribution in [3.63, 3.8) is 0 Å². The Morgan fingerprint density at radius 3 is 3.00 bits per heavy atom. The van der Waals surface area contributed by atoms with Gasteiger partial charge < -0.3 is 5.32 Å². The fourth-order valence-corrected chi connectivity index (χ4v) is 2.60. The fraction of sp³-hybridized carbons (Fsp3) is 0.333. The van der Waals surface area contributed by atoms with E-state index in [4.69, 9.17) is 0 Å². The Labute approximate surface area is 117 Å². The van der Waals surface area contributed by atoms with Gasteiger partial charge in [-0.05, 0) is 29.7 Å². The van der Waals surface area contributed by atoms with Crippen LogP contribution in [0.15, 0.2) is 21.9 Å². The minimum atomic E-state index is -0.507. The Balaban J connectivity index is 2.27. The van der Waals surface area contributed by atoms with Gasteiger partial charge in [0.1, 0.15) is 12.5 Å². The number of nitrogens with one attached hydrogen (secondary N) is 1. The van der Waals surface area contributed by atoms with Crippen molar-refractivity contribution >= 4 is 34.9 Å². The largest absolute Gasteiger partial charge is 0.354 e. The molecule has 0 aliphatic rings. The minimum Gasteiger partial charge on any atom is -0.354 e. The Morgan fingerprint density at radius 2 is 2.37 bits per heavy atom. The van der Waals surface area contributed by atoms with E-state index in [1.165, 1.54) is 12.5 Å². The van der Waals surface area contributed by atoms with E-state index in [0.29, 0.717) is 16.8 Å². The van der Waals surface area contributed by atoms with Gasteiger partial charge in [0.2, 0.25) is 5.95 Å². The van der Waals surface area contributed by atoms with Crippen LogP contribution in [0.4, 0.5) is 11.6 Å². The summed E-state index contributed by atoms with van der Waals surface area (Å²) >= 11 is 2.27. The molecule has 0 amide bonds. The normalized spacial score (nSPS) is 10.4. The average Bonchev–Trinajstić information content (AvgIpc) is 2.89. The van der Waals surface area contributed by atoms with Crippen molar-refractivity contribution in [2.24, 2.45) is 0 Å². The Morgan fingerprint density at radius 1 is 1.53 bits per heavy atom. The van der Waals surface area contributed by atoms with Crippen LogP contribution in [0.25, 0.3) is 0 Å². The number of aromatic nitrogens is 4. The van der Waals surface area contributed by atoms with Gasteiger partial charge in [-0.2, -0.15) is 9.36 Å². The molecule has 0 unspecified atom stereocenters. The van der Waals surface area contributed by atoms with Crippen LogP contribution in [0.2, 0.25) is 0 Å². The van der Waals surface area contributed by atoms with Gasteiger partial charge in [0.15, 0.2) is 9.37 Å². The topological polar surface area (TPSA) is 107 Å². The molecule has 2 heterocycles. The molecule has 0 saturated heterocycles. The van der Waals surface area contributed by atoms with Crippen molar-refractivity contribution in [2.45, 2.75) is 22.7 Å². The molecule has 10 heteroatoms. The van der Waals surface area contributed by atoms with Crippen LogP contribution in [0.5, 0.6) is 0 Å². The zero-order valence-corrected chi connectivity index (χ0v) is 11.6. The third kappa shape index (κ3) is 3.58. The van der Waals surface area contributed by atoms with Gasteiger partial charge in [-0.25, -0.2) is 9.97 Å². The molecule has 2 rings (SSSR count). The summed E-state index contributed by atoms with van der Waals surface area (Å²) in [5.74, 6) is 0.375. The molecule has 0 bridgehead atoms. The highest BCUT2D eigenvalue weighted by Crippen LogP contribution is 2.33. The zero-order valence-electron chi connectivity index (χ0n) is 9.94. The van der Waals surface area contributed by atoms with Gasteiger partial charge >= 0.3 is 5.69 Å². The van der Waals surface area contributed by atoms with E-state index in [0.717, 1.165) is 29.7 Å². The molecule has 0 aliphatic carbocycles. The molecule has 2 aromatic heterocycles. The van der Waals surface area contributed by atoms with Crippen molar-refractivity contribution in [1.82, 2.24) is 19.3 Å². The molecule has 0 aromatic carbocycles. The fourth-order valence-electron chi connectivity index (χ4n) is 1.17. The molecule has 1 N–H and O–H groups in total. The predicted octanol–water partition coefficient (Wildman–Crippen LogP) is 2.21. The summed E-state index contributed by atoms with van der Waals surface area (Å²) in [6, 6.07) is 0. The maximum atomic E-state index is 10.9. The molecule has 2 aromatic rings. The van der Waals surface area contributed by atoms with E-state index in [1.807, 2.05) is 6.92 Å². The first-order valence-corrected chi connectivity index (χ1v) is 6.99. The van der Waals surface area contributed by atoms with Crippen LogP contribution in [0.3, 0.4) is 0 Å². The molecule has 19 heavy (non-hydrogen) atoms. The number of rotatable bonds is 6. The van der Waals surface area contributed by atoms with Gasteiger partial charge in [-0.15, -0.1) is 0 Å². The van der Waals surface area contributed by atoms with Crippen LogP contribution >= 0.6 is 23.3 Å². The molecular formula is C9H10N6O2S2. The van der Waals surface area contributed by atoms with E-state index < -0.39 is 4.92 Å². The molecular weight excluding hydrogens is 288 g/mol. The van der Waals surface area contributed by atoms with Gasteiger partial charge in [0.25, 0.3) is 0 Å². The van der Waals surface area contributed by atoms with Crippen LogP contribution in [0, 0.1) is 10.1 Å². The highest BCUT2D eigenvalue weighted by Gasteiger charge is 2.19. The second-order valence-corrected chi connectivity index (χ2v) is 5.39. The Bertz CT molecular complexity index is 562. The molecule has 100 valence electrons.